The molecule has 2 nitrogen and oxygen atoms in total. The fraction of sp³-hybridized carbons (Fsp3) is 0.909. The Hall–Kier alpha value is -0.550. The monoisotopic (exact) mass is 180 g/mol. The summed E-state index contributed by atoms with van der Waals surface area (Å²) in [5, 5.41) is 8.53. The normalized spacial score (nSPS) is 19.8. The third-order valence-corrected chi connectivity index (χ3v) is 2.89. The molecule has 1 aliphatic carbocycles. The lowest BCUT2D eigenvalue weighted by atomic mass is 10.00. The second-order valence-corrected chi connectivity index (χ2v) is 4.21. The van der Waals surface area contributed by atoms with Crippen LogP contribution in [0.5, 0.6) is 0 Å². The Bertz CT molecular complexity index is 163. The molecule has 0 unspecified atom stereocenters. The Kier molecular flexibility index (Phi) is 4.85. The molecule has 0 aromatic heterocycles. The Morgan fingerprint density at radius 3 is 2.38 bits per heavy atom. The van der Waals surface area contributed by atoms with E-state index in [1.165, 1.54) is 38.5 Å². The van der Waals surface area contributed by atoms with Crippen molar-refractivity contribution in [1.29, 1.82) is 5.26 Å². The molecule has 0 aromatic rings. The molecule has 13 heavy (non-hydrogen) atoms. The van der Waals surface area contributed by atoms with E-state index in [4.69, 9.17) is 5.26 Å². The maximum absolute atomic E-state index is 8.53. The molecule has 0 heterocycles. The molecule has 0 N–H and O–H groups in total. The molecule has 1 saturated carbocycles. The molecule has 1 fully saturated rings. The van der Waals surface area contributed by atoms with Gasteiger partial charge in [0.05, 0.1) is 12.6 Å². The highest BCUT2D eigenvalue weighted by Crippen LogP contribution is 2.23. The van der Waals surface area contributed by atoms with Crippen LogP contribution in [0.4, 0.5) is 0 Å². The van der Waals surface area contributed by atoms with Crippen LogP contribution in [0, 0.1) is 17.2 Å². The van der Waals surface area contributed by atoms with Crippen molar-refractivity contribution in [2.24, 2.45) is 5.92 Å². The summed E-state index contributed by atoms with van der Waals surface area (Å²) in [4.78, 5) is 2.15. The molecule has 0 spiro atoms. The molecule has 0 saturated heterocycles. The fourth-order valence-electron chi connectivity index (χ4n) is 2.17. The Labute approximate surface area is 81.5 Å². The highest BCUT2D eigenvalue weighted by Gasteiger charge is 2.13. The summed E-state index contributed by atoms with van der Waals surface area (Å²) >= 11 is 0. The number of nitrogens with zero attached hydrogens (tertiary/aromatic N) is 2. The summed E-state index contributed by atoms with van der Waals surface area (Å²) < 4.78 is 0. The van der Waals surface area contributed by atoms with Crippen molar-refractivity contribution in [3.63, 3.8) is 0 Å². The van der Waals surface area contributed by atoms with Crippen LogP contribution in [0.1, 0.15) is 38.5 Å². The van der Waals surface area contributed by atoms with Crippen LogP contribution in [0.3, 0.4) is 0 Å². The molecule has 0 radical (unpaired) electrons. The lowest BCUT2D eigenvalue weighted by Crippen LogP contribution is -2.25. The van der Waals surface area contributed by atoms with Crippen molar-refractivity contribution in [3.05, 3.63) is 0 Å². The highest BCUT2D eigenvalue weighted by atomic mass is 15.1. The van der Waals surface area contributed by atoms with E-state index in [0.29, 0.717) is 6.54 Å². The standard InChI is InChI=1S/C11H20N2/c1-13(9-8-12)10-11-6-4-2-3-5-7-11/h11H,2-7,9-10H2,1H3. The second kappa shape index (κ2) is 5.99. The van der Waals surface area contributed by atoms with Gasteiger partial charge in [-0.3, -0.25) is 4.90 Å². The zero-order valence-corrected chi connectivity index (χ0v) is 8.63. The van der Waals surface area contributed by atoms with Gasteiger partial charge < -0.3 is 0 Å². The predicted octanol–water partition coefficient (Wildman–Crippen LogP) is 2.41. The average molecular weight is 180 g/mol. The summed E-state index contributed by atoms with van der Waals surface area (Å²) in [5.74, 6) is 0.848. The fourth-order valence-corrected chi connectivity index (χ4v) is 2.17. The van der Waals surface area contributed by atoms with Gasteiger partial charge in [-0.25, -0.2) is 0 Å². The quantitative estimate of drug-likeness (QED) is 0.492. The summed E-state index contributed by atoms with van der Waals surface area (Å²) in [7, 11) is 2.05. The topological polar surface area (TPSA) is 27.0 Å². The van der Waals surface area contributed by atoms with Crippen molar-refractivity contribution >= 4 is 0 Å². The van der Waals surface area contributed by atoms with E-state index in [-0.39, 0.29) is 0 Å². The SMILES string of the molecule is CN(CC#N)CC1CCCCCC1. The molecule has 0 aromatic carbocycles. The number of rotatable bonds is 3. The minimum atomic E-state index is 0.580. The summed E-state index contributed by atoms with van der Waals surface area (Å²) in [6.45, 7) is 1.70. The first-order valence-corrected chi connectivity index (χ1v) is 5.38. The van der Waals surface area contributed by atoms with Gasteiger partial charge in [-0.05, 0) is 25.8 Å². The first-order chi connectivity index (χ1) is 6.33. The summed E-state index contributed by atoms with van der Waals surface area (Å²) in [6, 6.07) is 2.20. The van der Waals surface area contributed by atoms with Crippen molar-refractivity contribution < 1.29 is 0 Å². The van der Waals surface area contributed by atoms with Crippen LogP contribution < -0.4 is 0 Å². The van der Waals surface area contributed by atoms with Crippen molar-refractivity contribution in [1.82, 2.24) is 4.90 Å². The average Bonchev–Trinajstić information content (AvgIpc) is 2.33. The molecule has 0 amide bonds. The van der Waals surface area contributed by atoms with E-state index < -0.39 is 0 Å². The zero-order chi connectivity index (χ0) is 9.52. The van der Waals surface area contributed by atoms with Gasteiger partial charge in [0.25, 0.3) is 0 Å². The molecule has 0 bridgehead atoms. The van der Waals surface area contributed by atoms with Crippen molar-refractivity contribution in [3.8, 4) is 6.07 Å². The number of hydrogen-bond donors (Lipinski definition) is 0. The van der Waals surface area contributed by atoms with Crippen LogP contribution in [0.25, 0.3) is 0 Å². The number of nitriles is 1. The molecule has 0 atom stereocenters. The third kappa shape index (κ3) is 4.28. The van der Waals surface area contributed by atoms with E-state index in [2.05, 4.69) is 11.0 Å². The number of hydrogen-bond acceptors (Lipinski definition) is 2. The highest BCUT2D eigenvalue weighted by molar-refractivity contribution is 4.76. The maximum Gasteiger partial charge on any atom is 0.0863 e. The van der Waals surface area contributed by atoms with Gasteiger partial charge in [0, 0.05) is 6.54 Å². The second-order valence-electron chi connectivity index (χ2n) is 4.21. The van der Waals surface area contributed by atoms with Gasteiger partial charge in [0.15, 0.2) is 0 Å². The first kappa shape index (κ1) is 10.5. The summed E-state index contributed by atoms with van der Waals surface area (Å²) in [5.41, 5.74) is 0. The van der Waals surface area contributed by atoms with E-state index in [0.717, 1.165) is 12.5 Å². The molecular weight excluding hydrogens is 160 g/mol. The minimum Gasteiger partial charge on any atom is -0.293 e. The molecular formula is C11H20N2. The van der Waals surface area contributed by atoms with Crippen LogP contribution in [-0.4, -0.2) is 25.0 Å². The van der Waals surface area contributed by atoms with Crippen LogP contribution >= 0.6 is 0 Å². The minimum absolute atomic E-state index is 0.580. The molecule has 0 aliphatic heterocycles. The maximum atomic E-state index is 8.53. The van der Waals surface area contributed by atoms with E-state index in [1.54, 1.807) is 0 Å². The van der Waals surface area contributed by atoms with Gasteiger partial charge in [-0.1, -0.05) is 25.7 Å². The van der Waals surface area contributed by atoms with Gasteiger partial charge in [0.1, 0.15) is 0 Å². The predicted molar refractivity (Wildman–Crippen MR) is 54.3 cm³/mol. The van der Waals surface area contributed by atoms with Crippen molar-refractivity contribution in [2.45, 2.75) is 38.5 Å². The van der Waals surface area contributed by atoms with E-state index >= 15 is 0 Å². The van der Waals surface area contributed by atoms with Crippen molar-refractivity contribution in [2.75, 3.05) is 20.1 Å². The van der Waals surface area contributed by atoms with Gasteiger partial charge >= 0.3 is 0 Å². The van der Waals surface area contributed by atoms with E-state index in [9.17, 15) is 0 Å². The zero-order valence-electron chi connectivity index (χ0n) is 8.63. The lowest BCUT2D eigenvalue weighted by molar-refractivity contribution is 0.283. The third-order valence-electron chi connectivity index (χ3n) is 2.89. The first-order valence-electron chi connectivity index (χ1n) is 5.38. The lowest BCUT2D eigenvalue weighted by Gasteiger charge is -2.20. The Balaban J connectivity index is 2.22. The van der Waals surface area contributed by atoms with Crippen LogP contribution in [-0.2, 0) is 0 Å². The van der Waals surface area contributed by atoms with Gasteiger partial charge in [-0.15, -0.1) is 0 Å². The smallest absolute Gasteiger partial charge is 0.0863 e. The van der Waals surface area contributed by atoms with E-state index in [1.807, 2.05) is 7.05 Å². The Morgan fingerprint density at radius 2 is 1.85 bits per heavy atom. The van der Waals surface area contributed by atoms with Crippen LogP contribution in [0.15, 0.2) is 0 Å². The molecule has 1 aliphatic rings. The van der Waals surface area contributed by atoms with Gasteiger partial charge in [0.2, 0.25) is 0 Å². The van der Waals surface area contributed by atoms with Crippen LogP contribution in [0.2, 0.25) is 0 Å². The largest absolute Gasteiger partial charge is 0.293 e. The Morgan fingerprint density at radius 1 is 1.23 bits per heavy atom. The molecule has 2 heteroatoms. The van der Waals surface area contributed by atoms with Gasteiger partial charge in [-0.2, -0.15) is 5.26 Å². The molecule has 74 valence electrons. The summed E-state index contributed by atoms with van der Waals surface area (Å²) in [6.07, 6.45) is 8.36. The molecule has 1 rings (SSSR count).